The molecule has 18 nitrogen and oxygen atoms in total. The SMILES string of the molecule is CS(=O)(=O)c1ccc(C(=O)C2C(=O)CCCC2=O)c(Cl)c1COCC(F)(F)F.CS(=O)(=O)c1ccc(C(O)=C2C(=O)CCCC2=O)c(Cl)c1COCC(F)(F)F.CS(=O)(=O)c1ccc(C(O)=C2C(=O)CCCC2=O)c(Cl)c1COCC(F)(F)F. The quantitative estimate of drug-likeness (QED) is 0.0337. The molecule has 3 aromatic rings. The van der Waals surface area contributed by atoms with Crippen LogP contribution in [0, 0.1) is 5.92 Å². The normalized spacial score (nSPS) is 16.0. The van der Waals surface area contributed by atoms with Gasteiger partial charge >= 0.3 is 18.5 Å². The molecule has 0 spiro atoms. The second-order valence-electron chi connectivity index (χ2n) is 18.8. The highest BCUT2D eigenvalue weighted by atomic mass is 35.5. The van der Waals surface area contributed by atoms with Crippen LogP contribution in [0.5, 0.6) is 0 Å². The van der Waals surface area contributed by atoms with Crippen molar-refractivity contribution in [2.24, 2.45) is 5.92 Å². The van der Waals surface area contributed by atoms with Crippen LogP contribution in [0.25, 0.3) is 11.5 Å². The van der Waals surface area contributed by atoms with E-state index in [4.69, 9.17) is 34.8 Å². The van der Waals surface area contributed by atoms with Crippen LogP contribution in [-0.4, -0.2) is 133 Å². The van der Waals surface area contributed by atoms with Crippen LogP contribution in [0.15, 0.2) is 62.2 Å². The zero-order valence-corrected chi connectivity index (χ0v) is 48.6. The van der Waals surface area contributed by atoms with Gasteiger partial charge in [0.1, 0.15) is 48.4 Å². The second-order valence-corrected chi connectivity index (χ2v) is 25.9. The molecule has 3 aliphatic rings. The molecule has 0 radical (unpaired) electrons. The molecule has 0 amide bonds. The van der Waals surface area contributed by atoms with Gasteiger partial charge in [-0.15, -0.1) is 0 Å². The van der Waals surface area contributed by atoms with Gasteiger partial charge in [0.05, 0.1) is 49.6 Å². The number of halogens is 12. The van der Waals surface area contributed by atoms with Crippen LogP contribution in [-0.2, 0) is 92.3 Å². The number of rotatable bonds is 16. The molecule has 0 bridgehead atoms. The first kappa shape index (κ1) is 70.9. The van der Waals surface area contributed by atoms with Crippen molar-refractivity contribution >= 4 is 116 Å². The number of carbonyl (C=O) groups is 7. The summed E-state index contributed by atoms with van der Waals surface area (Å²) >= 11 is 18.4. The number of aliphatic hydroxyl groups excluding tert-OH is 2. The average Bonchev–Trinajstić information content (AvgIpc) is 1.43. The Hall–Kier alpha value is -5.60. The lowest BCUT2D eigenvalue weighted by atomic mass is 9.81. The zero-order chi connectivity index (χ0) is 63.8. The maximum Gasteiger partial charge on any atom is 0.411 e. The molecule has 84 heavy (non-hydrogen) atoms. The first-order chi connectivity index (χ1) is 38.5. The van der Waals surface area contributed by atoms with Gasteiger partial charge in [-0.1, -0.05) is 34.8 Å². The minimum absolute atomic E-state index is 0.0444. The number of hydrogen-bond acceptors (Lipinski definition) is 18. The fraction of sp³-hybridized carbons (Fsp3) is 0.431. The van der Waals surface area contributed by atoms with Gasteiger partial charge in [-0.2, -0.15) is 39.5 Å². The molecule has 0 unspecified atom stereocenters. The van der Waals surface area contributed by atoms with Crippen molar-refractivity contribution in [1.82, 2.24) is 0 Å². The van der Waals surface area contributed by atoms with Gasteiger partial charge in [-0.3, -0.25) is 33.6 Å². The van der Waals surface area contributed by atoms with E-state index in [0.29, 0.717) is 19.3 Å². The number of ketones is 7. The monoisotopic (exact) mass is 1320 g/mol. The third kappa shape index (κ3) is 19.2. The highest BCUT2D eigenvalue weighted by Gasteiger charge is 2.39. The fourth-order valence-electron chi connectivity index (χ4n) is 8.40. The summed E-state index contributed by atoms with van der Waals surface area (Å²) < 4.78 is 196. The number of carbonyl (C=O) groups excluding carboxylic acids is 7. The Labute approximate surface area is 488 Å². The topological polar surface area (TPSA) is 290 Å². The molecule has 33 heteroatoms. The predicted octanol–water partition coefficient (Wildman–Crippen LogP) is 9.77. The molecule has 3 fully saturated rings. The summed E-state index contributed by atoms with van der Waals surface area (Å²) in [5.41, 5.74) is -2.66. The minimum Gasteiger partial charge on any atom is -0.506 e. The standard InChI is InChI=1S/3C17H16ClF3O6S/c3*1-28(25,26)13-6-5-9(15(18)10(13)7-27-8-17(19,20)21)16(24)14-11(22)3-2-4-12(14)23/h2*5-6,24H,2-4,7-8H2,1H3;5-6,14H,2-4,7-8H2,1H3. The maximum absolute atomic E-state index is 12.7. The Morgan fingerprint density at radius 3 is 0.976 bits per heavy atom. The number of allylic oxidation sites excluding steroid dienone is 2. The van der Waals surface area contributed by atoms with E-state index in [1.165, 1.54) is 0 Å². The van der Waals surface area contributed by atoms with Crippen LogP contribution in [0.1, 0.15) is 96.0 Å². The molecule has 0 aliphatic heterocycles. The van der Waals surface area contributed by atoms with Crippen molar-refractivity contribution in [2.45, 2.75) is 111 Å². The number of ether oxygens (including phenoxy) is 3. The molecule has 0 heterocycles. The van der Waals surface area contributed by atoms with Gasteiger partial charge < -0.3 is 24.4 Å². The Morgan fingerprint density at radius 1 is 0.464 bits per heavy atom. The lowest BCUT2D eigenvalue weighted by Crippen LogP contribution is -2.35. The number of benzene rings is 3. The third-order valence-corrected chi connectivity index (χ3v) is 16.9. The van der Waals surface area contributed by atoms with Gasteiger partial charge in [0, 0.05) is 90.7 Å². The van der Waals surface area contributed by atoms with Crippen LogP contribution in [0.3, 0.4) is 0 Å². The van der Waals surface area contributed by atoms with E-state index in [2.05, 4.69) is 14.2 Å². The second kappa shape index (κ2) is 28.3. The lowest BCUT2D eigenvalue weighted by Gasteiger charge is -2.20. The molecule has 0 atom stereocenters. The Morgan fingerprint density at radius 2 is 0.714 bits per heavy atom. The van der Waals surface area contributed by atoms with Gasteiger partial charge in [-0.05, 0) is 55.7 Å². The van der Waals surface area contributed by atoms with Gasteiger partial charge in [0.15, 0.2) is 70.0 Å². The predicted molar refractivity (Wildman–Crippen MR) is 279 cm³/mol. The Balaban J connectivity index is 0.000000270. The van der Waals surface area contributed by atoms with E-state index >= 15 is 0 Å². The molecule has 2 N–H and O–H groups in total. The van der Waals surface area contributed by atoms with Crippen LogP contribution >= 0.6 is 34.8 Å². The summed E-state index contributed by atoms with van der Waals surface area (Å²) in [5.74, 6) is -7.43. The van der Waals surface area contributed by atoms with E-state index in [-0.39, 0.29) is 81.7 Å². The lowest BCUT2D eigenvalue weighted by molar-refractivity contribution is -0.177. The first-order valence-electron chi connectivity index (χ1n) is 24.1. The van der Waals surface area contributed by atoms with E-state index < -0.39 is 177 Å². The van der Waals surface area contributed by atoms with Crippen LogP contribution < -0.4 is 0 Å². The summed E-state index contributed by atoms with van der Waals surface area (Å²) in [4.78, 5) is 83.5. The Bertz CT molecular complexity index is 3350. The van der Waals surface area contributed by atoms with Gasteiger partial charge in [-0.25, -0.2) is 25.3 Å². The molecule has 0 saturated heterocycles. The van der Waals surface area contributed by atoms with Gasteiger partial charge in [0.2, 0.25) is 0 Å². The number of alkyl halides is 9. The van der Waals surface area contributed by atoms with Crippen molar-refractivity contribution in [1.29, 1.82) is 0 Å². The summed E-state index contributed by atoms with van der Waals surface area (Å²) in [6.07, 6.45) is -10.2. The summed E-state index contributed by atoms with van der Waals surface area (Å²) in [6, 6.07) is 6.27. The molecule has 0 aromatic heterocycles. The average molecular weight is 1320 g/mol. The van der Waals surface area contributed by atoms with Crippen molar-refractivity contribution < 1.29 is 123 Å². The van der Waals surface area contributed by atoms with Crippen molar-refractivity contribution in [3.63, 3.8) is 0 Å². The van der Waals surface area contributed by atoms with Crippen molar-refractivity contribution in [2.75, 3.05) is 38.6 Å². The van der Waals surface area contributed by atoms with Crippen molar-refractivity contribution in [3.05, 3.63) is 96.0 Å². The van der Waals surface area contributed by atoms with Crippen LogP contribution in [0.4, 0.5) is 39.5 Å². The highest BCUT2D eigenvalue weighted by molar-refractivity contribution is 7.91. The molecular formula is C51H48Cl3F9O18S3. The summed E-state index contributed by atoms with van der Waals surface area (Å²) in [6.45, 7) is -7.36. The largest absolute Gasteiger partial charge is 0.506 e. The minimum atomic E-state index is -4.65. The smallest absolute Gasteiger partial charge is 0.411 e. The molecule has 3 aromatic carbocycles. The molecule has 3 aliphatic carbocycles. The van der Waals surface area contributed by atoms with E-state index in [1.54, 1.807) is 0 Å². The highest BCUT2D eigenvalue weighted by Crippen LogP contribution is 2.38. The summed E-state index contributed by atoms with van der Waals surface area (Å²) in [5, 5.41) is 19.6. The molecular weight excluding hydrogens is 1270 g/mol. The van der Waals surface area contributed by atoms with E-state index in [9.17, 15) is 109 Å². The number of hydrogen-bond donors (Lipinski definition) is 2. The fourth-order valence-corrected chi connectivity index (χ4v) is 12.3. The summed E-state index contributed by atoms with van der Waals surface area (Å²) in [7, 11) is -11.7. The number of aliphatic hydroxyl groups is 2. The van der Waals surface area contributed by atoms with Crippen molar-refractivity contribution in [3.8, 4) is 0 Å². The Kier molecular flexibility index (Phi) is 23.9. The zero-order valence-electron chi connectivity index (χ0n) is 43.8. The van der Waals surface area contributed by atoms with E-state index in [0.717, 1.165) is 55.2 Å². The molecule has 6 rings (SSSR count). The van der Waals surface area contributed by atoms with E-state index in [1.807, 2.05) is 0 Å². The third-order valence-electron chi connectivity index (χ3n) is 12.1. The van der Waals surface area contributed by atoms with Gasteiger partial charge in [0.25, 0.3) is 0 Å². The number of sulfone groups is 3. The maximum atomic E-state index is 12.7. The first-order valence-corrected chi connectivity index (χ1v) is 30.9. The van der Waals surface area contributed by atoms with Crippen LogP contribution in [0.2, 0.25) is 15.1 Å². The number of Topliss-reactive ketones (excluding diaryl/α,β-unsaturated/α-hetero) is 7. The molecule has 3 saturated carbocycles. The molecule has 462 valence electrons.